The van der Waals surface area contributed by atoms with E-state index in [0.717, 1.165) is 12.5 Å². The molecule has 0 saturated carbocycles. The fraction of sp³-hybridized carbons (Fsp3) is 0.615. The lowest BCUT2D eigenvalue weighted by Gasteiger charge is -2.19. The van der Waals surface area contributed by atoms with Gasteiger partial charge < -0.3 is 30.0 Å². The van der Waals surface area contributed by atoms with Crippen molar-refractivity contribution in [2.24, 2.45) is 0 Å². The van der Waals surface area contributed by atoms with E-state index in [0.29, 0.717) is 0 Å². The molecule has 13 heteroatoms. The molecule has 0 unspecified atom stereocenters. The molecule has 1 saturated heterocycles. The second kappa shape index (κ2) is 8.09. The summed E-state index contributed by atoms with van der Waals surface area (Å²) in [5.74, 6) is -1.03. The predicted molar refractivity (Wildman–Crippen MR) is 85.9 cm³/mol. The quantitative estimate of drug-likeness (QED) is 0.291. The van der Waals surface area contributed by atoms with E-state index < -0.39 is 52.9 Å². The predicted octanol–water partition coefficient (Wildman–Crippen LogP) is -2.22. The number of H-pyrrole nitrogens is 1. The lowest BCUT2D eigenvalue weighted by molar-refractivity contribution is -0.00727. The molecule has 0 bridgehead atoms. The monoisotopic (exact) mass is 393 g/mol. The summed E-state index contributed by atoms with van der Waals surface area (Å²) in [5, 5.41) is 22.1. The molecular weight excluding hydrogens is 374 g/mol. The molecule has 0 radical (unpaired) electrons. The van der Waals surface area contributed by atoms with Gasteiger partial charge in [-0.25, -0.2) is 9.59 Å². The van der Waals surface area contributed by atoms with Crippen LogP contribution in [0.1, 0.15) is 17.3 Å². The largest absolute Gasteiger partial charge is 0.462 e. The van der Waals surface area contributed by atoms with Crippen molar-refractivity contribution in [1.82, 2.24) is 9.97 Å². The van der Waals surface area contributed by atoms with E-state index in [1.54, 1.807) is 6.92 Å². The maximum atomic E-state index is 11.9. The normalized spacial score (nSPS) is 25.8. The van der Waals surface area contributed by atoms with Crippen LogP contribution in [0.15, 0.2) is 11.0 Å². The second-order valence-electron chi connectivity index (χ2n) is 5.37. The Hall–Kier alpha value is -2.06. The molecule has 4 atom stereocenters. The standard InChI is InChI=1S/C13H19N3O9S/c1-3-23-12(19)6-4-14-13(20)16-10(6)15-11-8(18)9(7(5-17)24-11)25-26(2,21)22/h4,7-9,11,17-18H,3,5H2,1-2H3,(H2,14,15,16,20)/t7-,8-,9+,11-/m1/s1. The number of carbonyl (C=O) groups excluding carboxylic acids is 1. The average Bonchev–Trinajstić information content (AvgIpc) is 2.82. The fourth-order valence-electron chi connectivity index (χ4n) is 2.33. The molecule has 4 N–H and O–H groups in total. The Morgan fingerprint density at radius 1 is 1.50 bits per heavy atom. The number of anilines is 1. The van der Waals surface area contributed by atoms with Crippen LogP contribution in [0, 0.1) is 0 Å². The van der Waals surface area contributed by atoms with Crippen molar-refractivity contribution in [1.29, 1.82) is 0 Å². The first-order valence-electron chi connectivity index (χ1n) is 7.52. The van der Waals surface area contributed by atoms with E-state index in [4.69, 9.17) is 13.7 Å². The number of rotatable bonds is 7. The molecular formula is C13H19N3O9S. The molecule has 1 aromatic rings. The Morgan fingerprint density at radius 3 is 2.77 bits per heavy atom. The molecule has 0 spiro atoms. The van der Waals surface area contributed by atoms with Crippen LogP contribution < -0.4 is 11.0 Å². The third kappa shape index (κ3) is 4.76. The number of ether oxygens (including phenoxy) is 2. The fourth-order valence-corrected chi connectivity index (χ4v) is 2.97. The molecule has 26 heavy (non-hydrogen) atoms. The highest BCUT2D eigenvalue weighted by atomic mass is 32.2. The zero-order valence-corrected chi connectivity index (χ0v) is 14.7. The Bertz CT molecular complexity index is 809. The summed E-state index contributed by atoms with van der Waals surface area (Å²) in [4.78, 5) is 29.2. The number of esters is 1. The third-order valence-corrected chi connectivity index (χ3v) is 3.96. The molecule has 0 aromatic carbocycles. The Labute approximate surface area is 148 Å². The van der Waals surface area contributed by atoms with E-state index in [-0.39, 0.29) is 18.0 Å². The van der Waals surface area contributed by atoms with Crippen molar-refractivity contribution in [3.63, 3.8) is 0 Å². The highest BCUT2D eigenvalue weighted by Gasteiger charge is 2.46. The van der Waals surface area contributed by atoms with Gasteiger partial charge in [-0.05, 0) is 6.92 Å². The van der Waals surface area contributed by atoms with Gasteiger partial charge in [-0.2, -0.15) is 13.4 Å². The van der Waals surface area contributed by atoms with E-state index in [2.05, 4.69) is 15.3 Å². The lowest BCUT2D eigenvalue weighted by atomic mass is 10.1. The summed E-state index contributed by atoms with van der Waals surface area (Å²) in [6.07, 6.45) is -3.54. The summed E-state index contributed by atoms with van der Waals surface area (Å²) in [6, 6.07) is 0. The van der Waals surface area contributed by atoms with Crippen molar-refractivity contribution in [2.75, 3.05) is 24.8 Å². The maximum Gasteiger partial charge on any atom is 0.346 e. The van der Waals surface area contributed by atoms with Gasteiger partial charge >= 0.3 is 11.7 Å². The zero-order chi connectivity index (χ0) is 19.5. The first-order valence-corrected chi connectivity index (χ1v) is 9.34. The van der Waals surface area contributed by atoms with E-state index in [1.165, 1.54) is 0 Å². The molecule has 1 aliphatic rings. The van der Waals surface area contributed by atoms with Gasteiger partial charge in [0.05, 0.1) is 19.5 Å². The van der Waals surface area contributed by atoms with Crippen LogP contribution in [-0.2, 0) is 23.8 Å². The van der Waals surface area contributed by atoms with Crippen molar-refractivity contribution in [3.8, 4) is 0 Å². The summed E-state index contributed by atoms with van der Waals surface area (Å²) in [6.45, 7) is 1.03. The molecule has 2 heterocycles. The molecule has 0 amide bonds. The summed E-state index contributed by atoms with van der Waals surface area (Å²) >= 11 is 0. The first kappa shape index (κ1) is 20.3. The van der Waals surface area contributed by atoms with Gasteiger partial charge in [-0.3, -0.25) is 4.18 Å². The molecule has 2 rings (SSSR count). The number of aromatic amines is 1. The molecule has 1 aromatic heterocycles. The van der Waals surface area contributed by atoms with Crippen LogP contribution in [-0.4, -0.2) is 78.6 Å². The molecule has 146 valence electrons. The van der Waals surface area contributed by atoms with Gasteiger partial charge in [-0.15, -0.1) is 0 Å². The lowest BCUT2D eigenvalue weighted by Crippen LogP contribution is -2.40. The Balaban J connectivity index is 2.27. The van der Waals surface area contributed by atoms with Crippen molar-refractivity contribution < 1.29 is 37.1 Å². The van der Waals surface area contributed by atoms with Crippen LogP contribution in [0.2, 0.25) is 0 Å². The maximum absolute atomic E-state index is 11.9. The number of aliphatic hydroxyl groups is 2. The summed E-state index contributed by atoms with van der Waals surface area (Å²) < 4.78 is 37.5. The Kier molecular flexibility index (Phi) is 6.30. The molecule has 12 nitrogen and oxygen atoms in total. The Morgan fingerprint density at radius 2 is 2.19 bits per heavy atom. The number of nitrogens with one attached hydrogen (secondary N) is 2. The number of aliphatic hydroxyl groups excluding tert-OH is 2. The van der Waals surface area contributed by atoms with Crippen LogP contribution >= 0.6 is 0 Å². The van der Waals surface area contributed by atoms with Crippen LogP contribution in [0.4, 0.5) is 5.82 Å². The van der Waals surface area contributed by atoms with Gasteiger partial charge in [0, 0.05) is 6.20 Å². The van der Waals surface area contributed by atoms with E-state index in [1.807, 2.05) is 0 Å². The van der Waals surface area contributed by atoms with Gasteiger partial charge in [0.25, 0.3) is 10.1 Å². The van der Waals surface area contributed by atoms with Crippen molar-refractivity contribution >= 4 is 21.9 Å². The van der Waals surface area contributed by atoms with Crippen molar-refractivity contribution in [2.45, 2.75) is 31.5 Å². The van der Waals surface area contributed by atoms with Gasteiger partial charge in [-0.1, -0.05) is 0 Å². The first-order chi connectivity index (χ1) is 12.2. The molecule has 1 fully saturated rings. The van der Waals surface area contributed by atoms with E-state index >= 15 is 0 Å². The van der Waals surface area contributed by atoms with Crippen LogP contribution in [0.5, 0.6) is 0 Å². The summed E-state index contributed by atoms with van der Waals surface area (Å²) in [7, 11) is -3.94. The van der Waals surface area contributed by atoms with Crippen LogP contribution in [0.3, 0.4) is 0 Å². The minimum absolute atomic E-state index is 0.0802. The topological polar surface area (TPSA) is 177 Å². The van der Waals surface area contributed by atoms with Gasteiger partial charge in [0.1, 0.15) is 29.7 Å². The minimum atomic E-state index is -3.94. The number of nitrogens with zero attached hydrogens (tertiary/aromatic N) is 1. The zero-order valence-electron chi connectivity index (χ0n) is 13.9. The highest BCUT2D eigenvalue weighted by molar-refractivity contribution is 7.86. The summed E-state index contributed by atoms with van der Waals surface area (Å²) in [5.41, 5.74) is -0.911. The molecule has 1 aliphatic heterocycles. The molecule has 0 aliphatic carbocycles. The van der Waals surface area contributed by atoms with Crippen molar-refractivity contribution in [3.05, 3.63) is 22.2 Å². The minimum Gasteiger partial charge on any atom is -0.462 e. The smallest absolute Gasteiger partial charge is 0.346 e. The second-order valence-corrected chi connectivity index (χ2v) is 6.97. The number of aromatic nitrogens is 2. The number of hydrogen-bond donors (Lipinski definition) is 4. The number of hydrogen-bond acceptors (Lipinski definition) is 11. The third-order valence-electron chi connectivity index (χ3n) is 3.38. The number of carbonyl (C=O) groups is 1. The van der Waals surface area contributed by atoms with Gasteiger partial charge in [0.2, 0.25) is 0 Å². The highest BCUT2D eigenvalue weighted by Crippen LogP contribution is 2.26. The van der Waals surface area contributed by atoms with Gasteiger partial charge in [0.15, 0.2) is 6.23 Å². The van der Waals surface area contributed by atoms with E-state index in [9.17, 15) is 28.2 Å². The SMILES string of the molecule is CCOC(=O)c1c[nH]c(=O)nc1N[C@@H]1O[C@H](CO)[C@H](OS(C)(=O)=O)[C@H]1O. The average molecular weight is 393 g/mol. The van der Waals surface area contributed by atoms with Crippen LogP contribution in [0.25, 0.3) is 0 Å².